The van der Waals surface area contributed by atoms with Crippen LogP contribution in [0.2, 0.25) is 0 Å². The van der Waals surface area contributed by atoms with Gasteiger partial charge in [0.05, 0.1) is 4.91 Å². The molecule has 0 aromatic heterocycles. The van der Waals surface area contributed by atoms with Crippen LogP contribution in [0, 0.1) is 11.6 Å². The first-order chi connectivity index (χ1) is 18.0. The Kier molecular flexibility index (Phi) is 7.42. The maximum absolute atomic E-state index is 13.8. The van der Waals surface area contributed by atoms with Gasteiger partial charge in [-0.15, -0.1) is 0 Å². The summed E-state index contributed by atoms with van der Waals surface area (Å²) >= 11 is 1.32. The molecule has 4 nitrogen and oxygen atoms in total. The molecule has 3 aromatic carbocycles. The Bertz CT molecular complexity index is 1410. The number of nitrogens with zero attached hydrogens (tertiary/aromatic N) is 2. The summed E-state index contributed by atoms with van der Waals surface area (Å²) in [6.07, 6.45) is 3.97. The molecule has 0 radical (unpaired) electrons. The molecule has 0 N–H and O–H groups in total. The van der Waals surface area contributed by atoms with Crippen LogP contribution in [0.4, 0.5) is 8.78 Å². The number of hydrogen-bond donors (Lipinski definition) is 0. The van der Waals surface area contributed by atoms with E-state index in [4.69, 9.17) is 0 Å². The fraction of sp³-hybridized carbons (Fsp3) is 0.167. The molecule has 2 aliphatic rings. The maximum atomic E-state index is 13.8. The first-order valence-corrected chi connectivity index (χ1v) is 12.9. The van der Waals surface area contributed by atoms with Crippen molar-refractivity contribution in [3.05, 3.63) is 118 Å². The molecule has 0 aliphatic carbocycles. The van der Waals surface area contributed by atoms with Crippen LogP contribution in [0.25, 0.3) is 11.1 Å². The van der Waals surface area contributed by atoms with Gasteiger partial charge in [-0.2, -0.15) is 4.99 Å². The zero-order valence-corrected chi connectivity index (χ0v) is 20.8. The number of carbonyl (C=O) groups is 2. The average Bonchev–Trinajstić information content (AvgIpc) is 3.58. The van der Waals surface area contributed by atoms with Gasteiger partial charge in [0.15, 0.2) is 11.0 Å². The molecule has 37 heavy (non-hydrogen) atoms. The van der Waals surface area contributed by atoms with Gasteiger partial charge in [0.1, 0.15) is 11.6 Å². The van der Waals surface area contributed by atoms with E-state index in [0.29, 0.717) is 32.3 Å². The predicted molar refractivity (Wildman–Crippen MR) is 144 cm³/mol. The molecular weight excluding hydrogens is 490 g/mol. The first-order valence-electron chi connectivity index (χ1n) is 12.1. The Hall–Kier alpha value is -3.84. The van der Waals surface area contributed by atoms with Gasteiger partial charge in [-0.3, -0.25) is 9.59 Å². The van der Waals surface area contributed by atoms with Gasteiger partial charge in [-0.05, 0) is 83.8 Å². The maximum Gasteiger partial charge on any atom is 0.286 e. The van der Waals surface area contributed by atoms with Gasteiger partial charge in [-0.25, -0.2) is 8.78 Å². The molecular formula is C30H24F2N2O2S. The minimum absolute atomic E-state index is 0.0340. The van der Waals surface area contributed by atoms with E-state index in [0.717, 1.165) is 31.5 Å². The third-order valence-electron chi connectivity index (χ3n) is 6.34. The van der Waals surface area contributed by atoms with Crippen LogP contribution in [0.5, 0.6) is 0 Å². The lowest BCUT2D eigenvalue weighted by molar-refractivity contribution is -0.113. The summed E-state index contributed by atoms with van der Waals surface area (Å²) in [5, 5.41) is 0.675. The zero-order chi connectivity index (χ0) is 25.8. The van der Waals surface area contributed by atoms with E-state index in [9.17, 15) is 18.4 Å². The van der Waals surface area contributed by atoms with E-state index in [1.54, 1.807) is 12.1 Å². The number of Topliss-reactive ketones (excluding diaryl/α,β-unsaturated/α-hetero) is 1. The van der Waals surface area contributed by atoms with E-state index in [2.05, 4.69) is 9.89 Å². The van der Waals surface area contributed by atoms with Crippen molar-refractivity contribution < 1.29 is 18.4 Å². The van der Waals surface area contributed by atoms with Crippen LogP contribution in [-0.4, -0.2) is 34.8 Å². The number of rotatable bonds is 6. The van der Waals surface area contributed by atoms with Crippen molar-refractivity contribution in [1.29, 1.82) is 0 Å². The van der Waals surface area contributed by atoms with Crippen LogP contribution in [0.1, 0.15) is 40.7 Å². The molecule has 0 saturated carbocycles. The SMILES string of the molecule is O=C1N=C(N2CCCC2)S/C1=C(\C=C(\CC(=O)c1ccc(F)cc1)c1ccccc1)c1ccc(F)cc1. The number of thioether (sulfide) groups is 1. The van der Waals surface area contributed by atoms with Gasteiger partial charge < -0.3 is 4.90 Å². The molecule has 186 valence electrons. The number of ketones is 1. The molecule has 0 bridgehead atoms. The first kappa shape index (κ1) is 24.8. The van der Waals surface area contributed by atoms with Crippen LogP contribution in [-0.2, 0) is 4.79 Å². The molecule has 7 heteroatoms. The summed E-state index contributed by atoms with van der Waals surface area (Å²) in [6.45, 7) is 1.71. The van der Waals surface area contributed by atoms with Crippen molar-refractivity contribution in [3.63, 3.8) is 0 Å². The summed E-state index contributed by atoms with van der Waals surface area (Å²) in [6, 6.07) is 20.8. The van der Waals surface area contributed by atoms with Gasteiger partial charge in [0.25, 0.3) is 5.91 Å². The smallest absolute Gasteiger partial charge is 0.286 e. The standard InChI is InChI=1S/C30H24F2N2O2S/c31-24-12-8-21(9-13-24)26(28-29(36)33-30(37-28)34-16-4-5-17-34)18-23(20-6-2-1-3-7-20)19-27(35)22-10-14-25(32)15-11-22/h1-3,6-15,18H,4-5,16-17,19H2/b23-18-,28-26+. The number of likely N-dealkylation sites (tertiary alicyclic amines) is 1. The fourth-order valence-electron chi connectivity index (χ4n) is 4.39. The third-order valence-corrected chi connectivity index (χ3v) is 7.47. The van der Waals surface area contributed by atoms with Gasteiger partial charge >= 0.3 is 0 Å². The predicted octanol–water partition coefficient (Wildman–Crippen LogP) is 6.76. The minimum Gasteiger partial charge on any atom is -0.351 e. The van der Waals surface area contributed by atoms with E-state index >= 15 is 0 Å². The van der Waals surface area contributed by atoms with Gasteiger partial charge in [0, 0.05) is 30.6 Å². The Morgan fingerprint density at radius 2 is 1.43 bits per heavy atom. The highest BCUT2D eigenvalue weighted by Crippen LogP contribution is 2.38. The molecule has 0 atom stereocenters. The van der Waals surface area contributed by atoms with Crippen LogP contribution in [0.3, 0.4) is 0 Å². The third kappa shape index (κ3) is 5.78. The second-order valence-electron chi connectivity index (χ2n) is 8.89. The quantitative estimate of drug-likeness (QED) is 0.269. The number of benzene rings is 3. The normalized spacial score (nSPS) is 17.2. The number of aliphatic imine (C=N–C) groups is 1. The lowest BCUT2D eigenvalue weighted by atomic mass is 9.93. The minimum atomic E-state index is -0.413. The van der Waals surface area contributed by atoms with Crippen molar-refractivity contribution in [3.8, 4) is 0 Å². The molecule has 0 unspecified atom stereocenters. The lowest BCUT2D eigenvalue weighted by Gasteiger charge is -2.16. The Morgan fingerprint density at radius 3 is 2.05 bits per heavy atom. The fourth-order valence-corrected chi connectivity index (χ4v) is 5.43. The second kappa shape index (κ2) is 11.0. The van der Waals surface area contributed by atoms with E-state index in [-0.39, 0.29) is 23.9 Å². The second-order valence-corrected chi connectivity index (χ2v) is 9.87. The number of halogens is 2. The number of allylic oxidation sites excluding steroid dienone is 3. The van der Waals surface area contributed by atoms with Crippen molar-refractivity contribution in [2.75, 3.05) is 13.1 Å². The molecule has 1 amide bonds. The Balaban J connectivity index is 1.59. The molecule has 1 fully saturated rings. The number of carbonyl (C=O) groups excluding carboxylic acids is 2. The number of amides is 1. The van der Waals surface area contributed by atoms with Gasteiger partial charge in [-0.1, -0.05) is 42.5 Å². The van der Waals surface area contributed by atoms with Crippen molar-refractivity contribution >= 4 is 39.8 Å². The van der Waals surface area contributed by atoms with E-state index in [1.165, 1.54) is 48.2 Å². The van der Waals surface area contributed by atoms with Gasteiger partial charge in [0.2, 0.25) is 0 Å². The van der Waals surface area contributed by atoms with Crippen molar-refractivity contribution in [2.45, 2.75) is 19.3 Å². The number of hydrogen-bond acceptors (Lipinski definition) is 4. The summed E-state index contributed by atoms with van der Waals surface area (Å²) < 4.78 is 27.2. The lowest BCUT2D eigenvalue weighted by Crippen LogP contribution is -2.23. The van der Waals surface area contributed by atoms with Crippen LogP contribution < -0.4 is 0 Å². The van der Waals surface area contributed by atoms with Crippen LogP contribution in [0.15, 0.2) is 94.8 Å². The molecule has 0 spiro atoms. The number of amidine groups is 1. The largest absolute Gasteiger partial charge is 0.351 e. The highest BCUT2D eigenvalue weighted by atomic mass is 32.2. The molecule has 5 rings (SSSR count). The Labute approximate surface area is 218 Å². The average molecular weight is 515 g/mol. The van der Waals surface area contributed by atoms with Crippen LogP contribution >= 0.6 is 11.8 Å². The Morgan fingerprint density at radius 1 is 0.838 bits per heavy atom. The summed E-state index contributed by atoms with van der Waals surface area (Å²) in [5.41, 5.74) is 3.13. The van der Waals surface area contributed by atoms with Crippen molar-refractivity contribution in [1.82, 2.24) is 4.90 Å². The summed E-state index contributed by atoms with van der Waals surface area (Å²) in [4.78, 5) is 33.2. The topological polar surface area (TPSA) is 49.7 Å². The van der Waals surface area contributed by atoms with E-state index in [1.807, 2.05) is 36.4 Å². The molecule has 2 heterocycles. The molecule has 2 aliphatic heterocycles. The molecule has 3 aromatic rings. The summed E-state index contributed by atoms with van der Waals surface area (Å²) in [5.74, 6) is -1.33. The highest BCUT2D eigenvalue weighted by molar-refractivity contribution is 8.18. The monoisotopic (exact) mass is 514 g/mol. The zero-order valence-electron chi connectivity index (χ0n) is 20.0. The van der Waals surface area contributed by atoms with Crippen molar-refractivity contribution in [2.24, 2.45) is 4.99 Å². The molecule has 1 saturated heterocycles. The highest BCUT2D eigenvalue weighted by Gasteiger charge is 2.30. The summed E-state index contributed by atoms with van der Waals surface area (Å²) in [7, 11) is 0. The van der Waals surface area contributed by atoms with E-state index < -0.39 is 5.82 Å².